The van der Waals surface area contributed by atoms with Crippen LogP contribution in [0.5, 0.6) is 0 Å². The van der Waals surface area contributed by atoms with E-state index in [0.717, 1.165) is 30.9 Å². The normalized spacial score (nSPS) is 14.6. The lowest BCUT2D eigenvalue weighted by Gasteiger charge is -2.15. The van der Waals surface area contributed by atoms with Gasteiger partial charge in [-0.15, -0.1) is 10.2 Å². The van der Waals surface area contributed by atoms with Crippen LogP contribution in [0.2, 0.25) is 0 Å². The third kappa shape index (κ3) is 2.05. The van der Waals surface area contributed by atoms with Gasteiger partial charge in [0, 0.05) is 18.3 Å². The fourth-order valence-corrected chi connectivity index (χ4v) is 4.14. The molecule has 0 atom stereocenters. The van der Waals surface area contributed by atoms with E-state index < -0.39 is 0 Å². The van der Waals surface area contributed by atoms with E-state index in [-0.39, 0.29) is 0 Å². The number of aryl methyl sites for hydroxylation is 1. The van der Waals surface area contributed by atoms with E-state index in [2.05, 4.69) is 75.7 Å². The quantitative estimate of drug-likeness (QED) is 0.715. The highest BCUT2D eigenvalue weighted by molar-refractivity contribution is 5.70. The molecular formula is C20H21N5. The van der Waals surface area contributed by atoms with Crippen molar-refractivity contribution < 1.29 is 0 Å². The largest absolute Gasteiger partial charge is 0.314 e. The third-order valence-electron chi connectivity index (χ3n) is 5.15. The molecule has 5 nitrogen and oxygen atoms in total. The first-order valence-corrected chi connectivity index (χ1v) is 8.73. The van der Waals surface area contributed by atoms with E-state index >= 15 is 0 Å². The summed E-state index contributed by atoms with van der Waals surface area (Å²) in [7, 11) is 4.21. The van der Waals surface area contributed by atoms with Gasteiger partial charge < -0.3 is 9.47 Å². The molecule has 1 aromatic carbocycles. The van der Waals surface area contributed by atoms with Crippen molar-refractivity contribution in [3.63, 3.8) is 0 Å². The van der Waals surface area contributed by atoms with Crippen LogP contribution in [0.3, 0.4) is 0 Å². The van der Waals surface area contributed by atoms with Crippen LogP contribution in [0.15, 0.2) is 30.7 Å². The molecule has 2 aromatic heterocycles. The van der Waals surface area contributed by atoms with Crippen molar-refractivity contribution in [3.8, 4) is 11.4 Å². The van der Waals surface area contributed by atoms with Gasteiger partial charge in [0.15, 0.2) is 5.82 Å². The zero-order valence-electron chi connectivity index (χ0n) is 14.8. The molecule has 0 saturated carbocycles. The molecular weight excluding hydrogens is 310 g/mol. The first-order chi connectivity index (χ1) is 12.1. The monoisotopic (exact) mass is 331 g/mol. The first kappa shape index (κ1) is 14.7. The van der Waals surface area contributed by atoms with E-state index in [1.807, 2.05) is 6.33 Å². The second kappa shape index (κ2) is 5.17. The maximum Gasteiger partial charge on any atom is 0.166 e. The maximum absolute atomic E-state index is 4.46. The minimum Gasteiger partial charge on any atom is -0.314 e. The number of rotatable bonds is 2. The Labute approximate surface area is 146 Å². The Morgan fingerprint density at radius 1 is 1.16 bits per heavy atom. The molecule has 5 heteroatoms. The third-order valence-corrected chi connectivity index (χ3v) is 5.15. The van der Waals surface area contributed by atoms with Crippen molar-refractivity contribution in [2.75, 3.05) is 14.1 Å². The minimum absolute atomic E-state index is 0.924. The lowest BCUT2D eigenvalue weighted by molar-refractivity contribution is 0.402. The Morgan fingerprint density at radius 3 is 2.88 bits per heavy atom. The van der Waals surface area contributed by atoms with E-state index in [9.17, 15) is 0 Å². The van der Waals surface area contributed by atoms with E-state index in [4.69, 9.17) is 0 Å². The SMILES string of the molecule is Cc1cn2c3c1=CCCC=3c1nncn1-c1ccc(CN(C)C)cc1-2. The van der Waals surface area contributed by atoms with Crippen molar-refractivity contribution in [2.45, 2.75) is 26.3 Å². The molecule has 126 valence electrons. The predicted molar refractivity (Wildman–Crippen MR) is 98.3 cm³/mol. The molecule has 0 saturated heterocycles. The van der Waals surface area contributed by atoms with Gasteiger partial charge in [0.2, 0.25) is 0 Å². The lowest BCUT2D eigenvalue weighted by atomic mass is 10.0. The van der Waals surface area contributed by atoms with Crippen LogP contribution >= 0.6 is 0 Å². The highest BCUT2D eigenvalue weighted by Crippen LogP contribution is 2.28. The summed E-state index contributed by atoms with van der Waals surface area (Å²) in [5.41, 5.74) is 6.27. The van der Waals surface area contributed by atoms with Crippen LogP contribution in [-0.4, -0.2) is 38.3 Å². The molecule has 1 aliphatic carbocycles. The second-order valence-electron chi connectivity index (χ2n) is 7.25. The van der Waals surface area contributed by atoms with Gasteiger partial charge in [0.1, 0.15) is 6.33 Å². The minimum atomic E-state index is 0.924. The highest BCUT2D eigenvalue weighted by atomic mass is 15.3. The highest BCUT2D eigenvalue weighted by Gasteiger charge is 2.24. The molecule has 0 unspecified atom stereocenters. The van der Waals surface area contributed by atoms with Crippen LogP contribution in [0.25, 0.3) is 23.0 Å². The fourth-order valence-electron chi connectivity index (χ4n) is 4.14. The summed E-state index contributed by atoms with van der Waals surface area (Å²) in [4.78, 5) is 2.20. The van der Waals surface area contributed by atoms with E-state index in [1.165, 1.54) is 33.0 Å². The number of aromatic nitrogens is 4. The zero-order valence-corrected chi connectivity index (χ0v) is 14.8. The smallest absolute Gasteiger partial charge is 0.166 e. The summed E-state index contributed by atoms with van der Waals surface area (Å²) < 4.78 is 4.50. The van der Waals surface area contributed by atoms with Gasteiger partial charge in [-0.3, -0.25) is 4.57 Å². The molecule has 5 rings (SSSR count). The standard InChI is InChI=1S/C20H21N5/c1-13-10-24-18-9-14(11-23(2)3)7-8-17(18)25-12-21-22-20(25)16-6-4-5-15(13)19(16)24/h5,7-10,12H,4,6,11H2,1-3H3. The molecule has 0 spiro atoms. The molecule has 0 bridgehead atoms. The molecule has 0 N–H and O–H groups in total. The molecule has 25 heavy (non-hydrogen) atoms. The first-order valence-electron chi connectivity index (χ1n) is 8.73. The van der Waals surface area contributed by atoms with Gasteiger partial charge in [-0.2, -0.15) is 0 Å². The van der Waals surface area contributed by atoms with Crippen LogP contribution < -0.4 is 10.6 Å². The molecule has 3 heterocycles. The molecule has 0 radical (unpaired) electrons. The Bertz CT molecular complexity index is 1110. The number of hydrogen-bond donors (Lipinski definition) is 0. The average molecular weight is 331 g/mol. The zero-order chi connectivity index (χ0) is 17.1. The van der Waals surface area contributed by atoms with Crippen molar-refractivity contribution in [3.05, 3.63) is 58.2 Å². The number of fused-ring (bicyclic) bond motifs is 5. The van der Waals surface area contributed by atoms with E-state index in [0.29, 0.717) is 0 Å². The van der Waals surface area contributed by atoms with Crippen molar-refractivity contribution in [2.24, 2.45) is 0 Å². The summed E-state index contributed by atoms with van der Waals surface area (Å²) in [5, 5.41) is 11.3. The van der Waals surface area contributed by atoms with Crippen LogP contribution in [0.1, 0.15) is 29.8 Å². The van der Waals surface area contributed by atoms with Gasteiger partial charge in [-0.1, -0.05) is 12.1 Å². The van der Waals surface area contributed by atoms with Crippen LogP contribution in [0, 0.1) is 6.92 Å². The lowest BCUT2D eigenvalue weighted by Crippen LogP contribution is -2.34. The Morgan fingerprint density at radius 2 is 2.04 bits per heavy atom. The Balaban J connectivity index is 1.91. The predicted octanol–water partition coefficient (Wildman–Crippen LogP) is 1.51. The summed E-state index contributed by atoms with van der Waals surface area (Å²) in [5.74, 6) is 0.979. The van der Waals surface area contributed by atoms with Gasteiger partial charge >= 0.3 is 0 Å². The van der Waals surface area contributed by atoms with Crippen LogP contribution in [0.4, 0.5) is 0 Å². The Hall–Kier alpha value is -2.66. The average Bonchev–Trinajstić information content (AvgIpc) is 3.17. The fraction of sp³-hybridized carbons (Fsp3) is 0.300. The van der Waals surface area contributed by atoms with Crippen molar-refractivity contribution >= 4 is 11.6 Å². The van der Waals surface area contributed by atoms with Gasteiger partial charge in [0.25, 0.3) is 0 Å². The van der Waals surface area contributed by atoms with Crippen molar-refractivity contribution in [1.82, 2.24) is 24.2 Å². The van der Waals surface area contributed by atoms with Crippen molar-refractivity contribution in [1.29, 1.82) is 0 Å². The number of hydrogen-bond acceptors (Lipinski definition) is 3. The van der Waals surface area contributed by atoms with Gasteiger partial charge in [-0.25, -0.2) is 0 Å². The van der Waals surface area contributed by atoms with Gasteiger partial charge in [-0.05, 0) is 62.3 Å². The van der Waals surface area contributed by atoms with Crippen LogP contribution in [-0.2, 0) is 6.54 Å². The second-order valence-corrected chi connectivity index (χ2v) is 7.25. The van der Waals surface area contributed by atoms with E-state index in [1.54, 1.807) is 0 Å². The molecule has 0 fully saturated rings. The van der Waals surface area contributed by atoms with Gasteiger partial charge in [0.05, 0.1) is 16.7 Å². The molecule has 3 aromatic rings. The molecule has 2 aliphatic rings. The Kier molecular flexibility index (Phi) is 3.03. The number of benzene rings is 1. The topological polar surface area (TPSA) is 38.9 Å². The summed E-state index contributed by atoms with van der Waals surface area (Å²) >= 11 is 0. The summed E-state index contributed by atoms with van der Waals surface area (Å²) in [6, 6.07) is 6.71. The summed E-state index contributed by atoms with van der Waals surface area (Å²) in [6.45, 7) is 3.12. The maximum atomic E-state index is 4.46. The molecule has 0 amide bonds. The number of nitrogens with zero attached hydrogens (tertiary/aromatic N) is 5. The molecule has 1 aliphatic heterocycles. The summed E-state index contributed by atoms with van der Waals surface area (Å²) in [6.07, 6.45) is 8.53.